The van der Waals surface area contributed by atoms with Crippen molar-refractivity contribution in [3.8, 4) is 34.4 Å². The summed E-state index contributed by atoms with van der Waals surface area (Å²) < 4.78 is 0. The zero-order valence-corrected chi connectivity index (χ0v) is 36.2. The summed E-state index contributed by atoms with van der Waals surface area (Å²) in [7, 11) is 6.84. The molecule has 4 heterocycles. The second-order valence-electron chi connectivity index (χ2n) is 16.6. The summed E-state index contributed by atoms with van der Waals surface area (Å²) in [5.74, 6) is 8.09. The normalized spacial score (nSPS) is 17.0. The van der Waals surface area contributed by atoms with Crippen molar-refractivity contribution < 1.29 is 14.4 Å². The number of aromatic amines is 2. The van der Waals surface area contributed by atoms with Gasteiger partial charge in [0.05, 0.1) is 41.9 Å². The summed E-state index contributed by atoms with van der Waals surface area (Å²) in [6.07, 6.45) is 7.38. The number of imidazole rings is 2. The Balaban J connectivity index is 0.893. The number of nitrogens with one attached hydrogen (secondary N) is 4. The zero-order chi connectivity index (χ0) is 43.9. The van der Waals surface area contributed by atoms with Crippen LogP contribution in [0.4, 0.5) is 9.59 Å². The van der Waals surface area contributed by atoms with E-state index in [1.54, 1.807) is 33.1 Å². The molecular formula is C50H54N10O3. The van der Waals surface area contributed by atoms with Crippen LogP contribution < -0.4 is 10.6 Å². The van der Waals surface area contributed by atoms with Crippen molar-refractivity contribution in [1.82, 2.24) is 50.2 Å². The SMILES string of the molecule is CN(C)C(=O)NC(CN1CCCC1c1ncc(-c2ccc(C#Cc3ccc(-c4cnc(C5CCCN5C(=O)C(NC(=O)N(C)C)c5ccccc5)[nH]4)cc3)cc2)[nH]1)c1ccccc1. The first-order valence-corrected chi connectivity index (χ1v) is 21.5. The quantitative estimate of drug-likeness (QED) is 0.0985. The van der Waals surface area contributed by atoms with Gasteiger partial charge >= 0.3 is 12.1 Å². The van der Waals surface area contributed by atoms with Crippen molar-refractivity contribution in [3.05, 3.63) is 155 Å². The fourth-order valence-corrected chi connectivity index (χ4v) is 8.37. The van der Waals surface area contributed by atoms with Crippen molar-refractivity contribution in [2.75, 3.05) is 47.8 Å². The van der Waals surface area contributed by atoms with Gasteiger partial charge in [-0.2, -0.15) is 0 Å². The maximum absolute atomic E-state index is 14.0. The molecule has 0 bridgehead atoms. The minimum absolute atomic E-state index is 0.113. The molecule has 2 aromatic heterocycles. The molecule has 0 aliphatic carbocycles. The van der Waals surface area contributed by atoms with Gasteiger partial charge in [-0.3, -0.25) is 9.69 Å². The maximum Gasteiger partial charge on any atom is 0.317 e. The first-order valence-electron chi connectivity index (χ1n) is 21.5. The van der Waals surface area contributed by atoms with Gasteiger partial charge in [-0.15, -0.1) is 0 Å². The summed E-state index contributed by atoms with van der Waals surface area (Å²) in [4.78, 5) is 63.3. The number of benzene rings is 4. The lowest BCUT2D eigenvalue weighted by atomic mass is 10.0. The third-order valence-electron chi connectivity index (χ3n) is 11.8. The van der Waals surface area contributed by atoms with Gasteiger partial charge in [0.15, 0.2) is 0 Å². The highest BCUT2D eigenvalue weighted by Crippen LogP contribution is 2.35. The molecular weight excluding hydrogens is 789 g/mol. The lowest BCUT2D eigenvalue weighted by molar-refractivity contribution is -0.134. The molecule has 8 rings (SSSR count). The van der Waals surface area contributed by atoms with Gasteiger partial charge in [0.2, 0.25) is 5.91 Å². The number of urea groups is 2. The van der Waals surface area contributed by atoms with E-state index in [0.29, 0.717) is 13.1 Å². The monoisotopic (exact) mass is 842 g/mol. The molecule has 6 aromatic rings. The molecule has 4 unspecified atom stereocenters. The van der Waals surface area contributed by atoms with E-state index < -0.39 is 6.04 Å². The third-order valence-corrected chi connectivity index (χ3v) is 11.8. The van der Waals surface area contributed by atoms with E-state index in [0.717, 1.165) is 88.6 Å². The van der Waals surface area contributed by atoms with E-state index in [-0.39, 0.29) is 36.1 Å². The predicted octanol–water partition coefficient (Wildman–Crippen LogP) is 7.69. The average Bonchev–Trinajstić information content (AvgIpc) is 4.16. The van der Waals surface area contributed by atoms with Crippen LogP contribution in [0.3, 0.4) is 0 Å². The molecule has 63 heavy (non-hydrogen) atoms. The molecule has 0 saturated carbocycles. The van der Waals surface area contributed by atoms with Crippen LogP contribution in [0.5, 0.6) is 0 Å². The van der Waals surface area contributed by atoms with Crippen LogP contribution in [0, 0.1) is 11.8 Å². The minimum Gasteiger partial charge on any atom is -0.341 e. The predicted molar refractivity (Wildman–Crippen MR) is 244 cm³/mol. The number of rotatable bonds is 11. The van der Waals surface area contributed by atoms with E-state index >= 15 is 0 Å². The lowest BCUT2D eigenvalue weighted by Gasteiger charge is -2.29. The van der Waals surface area contributed by atoms with E-state index in [2.05, 4.69) is 61.6 Å². The second-order valence-corrected chi connectivity index (χ2v) is 16.6. The number of aromatic nitrogens is 4. The van der Waals surface area contributed by atoms with E-state index in [1.807, 2.05) is 102 Å². The van der Waals surface area contributed by atoms with Crippen LogP contribution in [0.1, 0.15) is 83.8 Å². The number of hydrogen-bond donors (Lipinski definition) is 4. The van der Waals surface area contributed by atoms with Crippen LogP contribution in [0.25, 0.3) is 22.5 Å². The lowest BCUT2D eigenvalue weighted by Crippen LogP contribution is -2.45. The number of amides is 5. The number of carbonyl (C=O) groups is 3. The molecule has 2 aliphatic rings. The van der Waals surface area contributed by atoms with Crippen molar-refractivity contribution in [1.29, 1.82) is 0 Å². The molecule has 2 fully saturated rings. The van der Waals surface area contributed by atoms with Crippen LogP contribution in [-0.4, -0.2) is 105 Å². The summed E-state index contributed by atoms with van der Waals surface area (Å²) in [5.41, 5.74) is 7.40. The van der Waals surface area contributed by atoms with Gasteiger partial charge in [-0.25, -0.2) is 19.6 Å². The summed E-state index contributed by atoms with van der Waals surface area (Å²) in [6.45, 7) is 2.20. The first-order chi connectivity index (χ1) is 30.6. The summed E-state index contributed by atoms with van der Waals surface area (Å²) in [6, 6.07) is 34.2. The van der Waals surface area contributed by atoms with Crippen molar-refractivity contribution >= 4 is 18.0 Å². The third kappa shape index (κ3) is 9.98. The van der Waals surface area contributed by atoms with E-state index in [1.165, 1.54) is 4.90 Å². The average molecular weight is 843 g/mol. The second kappa shape index (κ2) is 19.3. The van der Waals surface area contributed by atoms with Crippen molar-refractivity contribution in [3.63, 3.8) is 0 Å². The molecule has 4 N–H and O–H groups in total. The summed E-state index contributed by atoms with van der Waals surface area (Å²) in [5, 5.41) is 6.12. The van der Waals surface area contributed by atoms with Gasteiger partial charge in [0.25, 0.3) is 0 Å². The number of hydrogen-bond acceptors (Lipinski definition) is 6. The molecule has 2 saturated heterocycles. The Hall–Kier alpha value is -7.17. The van der Waals surface area contributed by atoms with Gasteiger partial charge < -0.3 is 35.3 Å². The Morgan fingerprint density at radius 3 is 1.70 bits per heavy atom. The van der Waals surface area contributed by atoms with E-state index in [9.17, 15) is 14.4 Å². The van der Waals surface area contributed by atoms with Crippen LogP contribution >= 0.6 is 0 Å². The minimum atomic E-state index is -0.808. The fourth-order valence-electron chi connectivity index (χ4n) is 8.37. The highest BCUT2D eigenvalue weighted by atomic mass is 16.2. The smallest absolute Gasteiger partial charge is 0.317 e. The van der Waals surface area contributed by atoms with E-state index in [4.69, 9.17) is 9.97 Å². The van der Waals surface area contributed by atoms with Gasteiger partial charge in [0.1, 0.15) is 17.7 Å². The topological polar surface area (TPSA) is 146 Å². The standard InChI is InChI=1S/C50H54N10O3/c1-57(2)49(62)55-42(36-13-7-5-8-14-36)33-59-29-11-17-43(59)46-51-31-40(53-46)37-25-21-34(22-26-37)19-20-35-23-27-38(28-24-35)41-32-52-47(54-41)44-18-12-30-60(44)48(61)45(56-50(63)58(3)4)39-15-9-6-10-16-39/h5-10,13-16,21-28,31-32,42-45H,11-12,17-18,29-30,33H2,1-4H3,(H,51,53)(H,52,54)(H,55,62)(H,56,63). The Bertz CT molecular complexity index is 2560. The zero-order valence-electron chi connectivity index (χ0n) is 36.2. The number of likely N-dealkylation sites (tertiary alicyclic amines) is 2. The van der Waals surface area contributed by atoms with Gasteiger partial charge in [0, 0.05) is 52.4 Å². The van der Waals surface area contributed by atoms with Gasteiger partial charge in [-0.1, -0.05) is 96.8 Å². The molecule has 13 nitrogen and oxygen atoms in total. The molecule has 2 aliphatic heterocycles. The van der Waals surface area contributed by atoms with Crippen molar-refractivity contribution in [2.24, 2.45) is 0 Å². The van der Waals surface area contributed by atoms with Crippen LogP contribution in [0.15, 0.2) is 122 Å². The van der Waals surface area contributed by atoms with Crippen LogP contribution in [0.2, 0.25) is 0 Å². The highest BCUT2D eigenvalue weighted by molar-refractivity contribution is 5.88. The first kappa shape index (κ1) is 42.5. The Morgan fingerprint density at radius 1 is 0.651 bits per heavy atom. The highest BCUT2D eigenvalue weighted by Gasteiger charge is 2.37. The molecule has 13 heteroatoms. The Morgan fingerprint density at radius 2 is 1.14 bits per heavy atom. The number of carbonyl (C=O) groups excluding carboxylic acids is 3. The molecule has 0 spiro atoms. The largest absolute Gasteiger partial charge is 0.341 e. The molecule has 4 aromatic carbocycles. The fraction of sp³-hybridized carbons (Fsp3) is 0.300. The Labute approximate surface area is 368 Å². The molecule has 4 atom stereocenters. The van der Waals surface area contributed by atoms with Crippen LogP contribution in [-0.2, 0) is 4.79 Å². The summed E-state index contributed by atoms with van der Waals surface area (Å²) >= 11 is 0. The van der Waals surface area contributed by atoms with Crippen molar-refractivity contribution in [2.45, 2.75) is 49.9 Å². The molecule has 0 radical (unpaired) electrons. The van der Waals surface area contributed by atoms with Gasteiger partial charge in [-0.05, 0) is 78.7 Å². The number of nitrogens with zero attached hydrogens (tertiary/aromatic N) is 6. The maximum atomic E-state index is 14.0. The Kier molecular flexibility index (Phi) is 13.0. The molecule has 5 amide bonds. The number of H-pyrrole nitrogens is 2. The molecule has 322 valence electrons.